The molecule has 0 N–H and O–H groups in total. The lowest BCUT2D eigenvalue weighted by molar-refractivity contribution is -0.105. The molecule has 5 nitrogen and oxygen atoms in total. The summed E-state index contributed by atoms with van der Waals surface area (Å²) in [5, 5.41) is 0.895. The number of fused-ring (bicyclic) bond motifs is 1. The molecule has 0 fully saturated rings. The highest BCUT2D eigenvalue weighted by Crippen LogP contribution is 2.27. The van der Waals surface area contributed by atoms with Crippen LogP contribution >= 0.6 is 0 Å². The van der Waals surface area contributed by atoms with Crippen molar-refractivity contribution < 1.29 is 19.0 Å². The Bertz CT molecular complexity index is 635. The van der Waals surface area contributed by atoms with Crippen LogP contribution in [0.4, 0.5) is 0 Å². The fourth-order valence-corrected chi connectivity index (χ4v) is 2.12. The molecule has 1 heterocycles. The summed E-state index contributed by atoms with van der Waals surface area (Å²) in [6, 6.07) is 7.44. The number of rotatable bonds is 4. The lowest BCUT2D eigenvalue weighted by Gasteiger charge is -2.17. The largest absolute Gasteiger partial charge is 0.464 e. The molecule has 0 bridgehead atoms. The molecule has 1 aromatic carbocycles. The molecule has 20 heavy (non-hydrogen) atoms. The van der Waals surface area contributed by atoms with Crippen molar-refractivity contribution >= 4 is 16.9 Å². The van der Waals surface area contributed by atoms with Crippen molar-refractivity contribution in [3.8, 4) is 0 Å². The summed E-state index contributed by atoms with van der Waals surface area (Å²) in [5.74, 6) is -0.486. The van der Waals surface area contributed by atoms with Crippen molar-refractivity contribution in [2.45, 2.75) is 13.2 Å². The van der Waals surface area contributed by atoms with E-state index in [-0.39, 0.29) is 5.69 Å². The Labute approximate surface area is 117 Å². The smallest absolute Gasteiger partial charge is 0.356 e. The summed E-state index contributed by atoms with van der Waals surface area (Å²) in [5.41, 5.74) is 2.78. The van der Waals surface area contributed by atoms with Gasteiger partial charge in [0.05, 0.1) is 12.6 Å². The van der Waals surface area contributed by atoms with Crippen molar-refractivity contribution in [3.63, 3.8) is 0 Å². The van der Waals surface area contributed by atoms with Gasteiger partial charge >= 0.3 is 5.97 Å². The van der Waals surface area contributed by atoms with Crippen LogP contribution in [0.25, 0.3) is 10.9 Å². The molecule has 2 aromatic rings. The third-order valence-electron chi connectivity index (χ3n) is 3.07. The van der Waals surface area contributed by atoms with Crippen molar-refractivity contribution in [1.29, 1.82) is 0 Å². The first-order valence-electron chi connectivity index (χ1n) is 6.16. The minimum Gasteiger partial charge on any atom is -0.464 e. The van der Waals surface area contributed by atoms with Crippen molar-refractivity contribution in [3.05, 3.63) is 41.1 Å². The fraction of sp³-hybridized carbons (Fsp3) is 0.333. The standard InChI is InChI=1S/C15H17NO4/c1-9-5-6-12-10(7-9)11(15(19-3)20-4)8-13(16-12)14(17)18-2/h5-8,15H,1-4H3. The van der Waals surface area contributed by atoms with Crippen LogP contribution in [0.15, 0.2) is 24.3 Å². The molecule has 0 saturated heterocycles. The van der Waals surface area contributed by atoms with Gasteiger partial charge in [-0.25, -0.2) is 9.78 Å². The first-order valence-corrected chi connectivity index (χ1v) is 6.16. The fourth-order valence-electron chi connectivity index (χ4n) is 2.12. The maximum Gasteiger partial charge on any atom is 0.356 e. The Morgan fingerprint density at radius 3 is 2.45 bits per heavy atom. The van der Waals surface area contributed by atoms with E-state index < -0.39 is 12.3 Å². The Morgan fingerprint density at radius 2 is 1.85 bits per heavy atom. The van der Waals surface area contributed by atoms with Crippen molar-refractivity contribution in [1.82, 2.24) is 4.98 Å². The highest BCUT2D eigenvalue weighted by atomic mass is 16.7. The van der Waals surface area contributed by atoms with E-state index in [1.165, 1.54) is 7.11 Å². The highest BCUT2D eigenvalue weighted by molar-refractivity contribution is 5.92. The molecule has 0 atom stereocenters. The van der Waals surface area contributed by atoms with Crippen molar-refractivity contribution in [2.24, 2.45) is 0 Å². The van der Waals surface area contributed by atoms with E-state index in [1.807, 2.05) is 25.1 Å². The van der Waals surface area contributed by atoms with Gasteiger partial charge in [0, 0.05) is 25.2 Å². The SMILES string of the molecule is COC(=O)c1cc(C(OC)OC)c2cc(C)ccc2n1. The number of hydrogen-bond donors (Lipinski definition) is 0. The molecule has 0 aliphatic carbocycles. The number of carbonyl (C=O) groups is 1. The van der Waals surface area contributed by atoms with E-state index in [1.54, 1.807) is 20.3 Å². The van der Waals surface area contributed by atoms with Gasteiger partial charge in [-0.3, -0.25) is 0 Å². The number of benzene rings is 1. The average Bonchev–Trinajstić information content (AvgIpc) is 2.47. The normalized spacial score (nSPS) is 11.1. The Balaban J connectivity index is 2.72. The summed E-state index contributed by atoms with van der Waals surface area (Å²) in [6.07, 6.45) is -0.564. The molecule has 0 amide bonds. The summed E-state index contributed by atoms with van der Waals surface area (Å²) < 4.78 is 15.3. The number of hydrogen-bond acceptors (Lipinski definition) is 5. The van der Waals surface area contributed by atoms with Gasteiger partial charge in [0.2, 0.25) is 0 Å². The quantitative estimate of drug-likeness (QED) is 0.634. The van der Waals surface area contributed by atoms with E-state index in [2.05, 4.69) is 4.98 Å². The van der Waals surface area contributed by atoms with E-state index in [0.29, 0.717) is 5.52 Å². The number of carbonyl (C=O) groups excluding carboxylic acids is 1. The zero-order valence-corrected chi connectivity index (χ0v) is 12.0. The van der Waals surface area contributed by atoms with Crippen LogP contribution in [-0.2, 0) is 14.2 Å². The molecule has 1 aromatic heterocycles. The van der Waals surface area contributed by atoms with E-state index in [9.17, 15) is 4.79 Å². The number of aromatic nitrogens is 1. The molecule has 0 aliphatic heterocycles. The van der Waals surface area contributed by atoms with Gasteiger partial charge in [0.15, 0.2) is 6.29 Å². The number of ether oxygens (including phenoxy) is 3. The predicted octanol–water partition coefficient (Wildman–Crippen LogP) is 2.62. The summed E-state index contributed by atoms with van der Waals surface area (Å²) >= 11 is 0. The zero-order chi connectivity index (χ0) is 14.7. The molecule has 5 heteroatoms. The molecule has 0 unspecified atom stereocenters. The molecule has 0 spiro atoms. The van der Waals surface area contributed by atoms with E-state index >= 15 is 0 Å². The Kier molecular flexibility index (Phi) is 4.32. The second kappa shape index (κ2) is 5.98. The number of methoxy groups -OCH3 is 3. The van der Waals surface area contributed by atoms with Crippen LogP contribution in [-0.4, -0.2) is 32.3 Å². The van der Waals surface area contributed by atoms with Crippen LogP contribution in [0.2, 0.25) is 0 Å². The maximum absolute atomic E-state index is 11.7. The Hall–Kier alpha value is -1.98. The number of nitrogens with zero attached hydrogens (tertiary/aromatic N) is 1. The molecule has 0 aliphatic rings. The minimum atomic E-state index is -0.564. The van der Waals surface area contributed by atoms with Crippen LogP contribution in [0.1, 0.15) is 27.9 Å². The van der Waals surface area contributed by atoms with Gasteiger partial charge in [-0.2, -0.15) is 0 Å². The molecule has 0 saturated carbocycles. The summed E-state index contributed by atoms with van der Waals surface area (Å²) in [6.45, 7) is 1.99. The van der Waals surface area contributed by atoms with Crippen molar-refractivity contribution in [2.75, 3.05) is 21.3 Å². The van der Waals surface area contributed by atoms with E-state index in [0.717, 1.165) is 16.5 Å². The van der Waals surface area contributed by atoms with Crippen LogP contribution in [0.5, 0.6) is 0 Å². The lowest BCUT2D eigenvalue weighted by atomic mass is 10.0. The topological polar surface area (TPSA) is 57.7 Å². The maximum atomic E-state index is 11.7. The van der Waals surface area contributed by atoms with Gasteiger partial charge < -0.3 is 14.2 Å². The predicted molar refractivity (Wildman–Crippen MR) is 74.6 cm³/mol. The highest BCUT2D eigenvalue weighted by Gasteiger charge is 2.18. The molecule has 2 rings (SSSR count). The van der Waals surface area contributed by atoms with Gasteiger partial charge in [-0.05, 0) is 25.1 Å². The average molecular weight is 275 g/mol. The second-order valence-electron chi connectivity index (χ2n) is 4.41. The zero-order valence-electron chi connectivity index (χ0n) is 12.0. The summed E-state index contributed by atoms with van der Waals surface area (Å²) in [7, 11) is 4.43. The van der Waals surface area contributed by atoms with E-state index in [4.69, 9.17) is 14.2 Å². The van der Waals surface area contributed by atoms with Gasteiger partial charge in [-0.15, -0.1) is 0 Å². The molecular weight excluding hydrogens is 258 g/mol. The minimum absolute atomic E-state index is 0.234. The first kappa shape index (κ1) is 14.4. The monoisotopic (exact) mass is 275 g/mol. The van der Waals surface area contributed by atoms with Gasteiger partial charge in [0.25, 0.3) is 0 Å². The van der Waals surface area contributed by atoms with Crippen LogP contribution in [0.3, 0.4) is 0 Å². The van der Waals surface area contributed by atoms with Gasteiger partial charge in [0.1, 0.15) is 5.69 Å². The third kappa shape index (κ3) is 2.64. The number of esters is 1. The third-order valence-corrected chi connectivity index (χ3v) is 3.07. The molecular formula is C15H17NO4. The Morgan fingerprint density at radius 1 is 1.15 bits per heavy atom. The first-order chi connectivity index (χ1) is 9.60. The van der Waals surface area contributed by atoms with Gasteiger partial charge in [-0.1, -0.05) is 11.6 Å². The molecule has 106 valence electrons. The number of aryl methyl sites for hydroxylation is 1. The molecule has 0 radical (unpaired) electrons. The summed E-state index contributed by atoms with van der Waals surface area (Å²) in [4.78, 5) is 16.0. The van der Waals surface area contributed by atoms with Crippen LogP contribution < -0.4 is 0 Å². The second-order valence-corrected chi connectivity index (χ2v) is 4.41. The van der Waals surface area contributed by atoms with Crippen LogP contribution in [0, 0.1) is 6.92 Å². The lowest BCUT2D eigenvalue weighted by Crippen LogP contribution is -2.10. The number of pyridine rings is 1.